The molecule has 1 unspecified atom stereocenters. The summed E-state index contributed by atoms with van der Waals surface area (Å²) in [6.45, 7) is -0.228. The number of ether oxygens (including phenoxy) is 1. The summed E-state index contributed by atoms with van der Waals surface area (Å²) in [5.74, 6) is -0.982. The van der Waals surface area contributed by atoms with Gasteiger partial charge < -0.3 is 10.1 Å². The van der Waals surface area contributed by atoms with Crippen LogP contribution in [0, 0.1) is 0 Å². The molecule has 1 amide bonds. The van der Waals surface area contributed by atoms with Crippen molar-refractivity contribution in [1.82, 2.24) is 15.1 Å². The normalized spacial score (nSPS) is 14.1. The topological polar surface area (TPSA) is 90.3 Å². The van der Waals surface area contributed by atoms with Gasteiger partial charge in [0.15, 0.2) is 0 Å². The summed E-state index contributed by atoms with van der Waals surface area (Å²) in [6, 6.07) is 10.1. The Kier molecular flexibility index (Phi) is 6.01. The third-order valence-corrected chi connectivity index (χ3v) is 4.67. The molecule has 0 saturated heterocycles. The van der Waals surface area contributed by atoms with Crippen molar-refractivity contribution in [2.24, 2.45) is 0 Å². The van der Waals surface area contributed by atoms with E-state index in [9.17, 15) is 14.4 Å². The molecule has 1 N–H and O–H groups in total. The predicted molar refractivity (Wildman–Crippen MR) is 99.2 cm³/mol. The lowest BCUT2D eigenvalue weighted by atomic mass is 9.97. The predicted octanol–water partition coefficient (Wildman–Crippen LogP) is 1.02. The largest absolute Gasteiger partial charge is 0.467 e. The fourth-order valence-corrected chi connectivity index (χ4v) is 3.28. The van der Waals surface area contributed by atoms with Crippen LogP contribution in [0.5, 0.6) is 0 Å². The molecule has 7 nitrogen and oxygen atoms in total. The molecule has 0 fully saturated rings. The Labute approximate surface area is 157 Å². The maximum absolute atomic E-state index is 12.4. The van der Waals surface area contributed by atoms with E-state index in [1.807, 2.05) is 30.3 Å². The number of carbonyl (C=O) groups excluding carboxylic acids is 2. The molecule has 0 saturated carbocycles. The maximum Gasteiger partial charge on any atom is 0.328 e. The van der Waals surface area contributed by atoms with Crippen LogP contribution in [-0.4, -0.2) is 34.8 Å². The van der Waals surface area contributed by atoms with Crippen molar-refractivity contribution in [3.8, 4) is 0 Å². The Morgan fingerprint density at radius 1 is 1.22 bits per heavy atom. The zero-order valence-electron chi connectivity index (χ0n) is 15.3. The lowest BCUT2D eigenvalue weighted by molar-refractivity contribution is -0.145. The number of carbonyl (C=O) groups is 2. The number of aromatic nitrogens is 2. The Bertz CT molecular complexity index is 877. The number of esters is 1. The first kappa shape index (κ1) is 18.8. The minimum Gasteiger partial charge on any atom is -0.467 e. The van der Waals surface area contributed by atoms with Crippen molar-refractivity contribution in [1.29, 1.82) is 0 Å². The Morgan fingerprint density at radius 3 is 2.70 bits per heavy atom. The lowest BCUT2D eigenvalue weighted by Crippen LogP contribution is -2.45. The zero-order valence-corrected chi connectivity index (χ0v) is 15.3. The van der Waals surface area contributed by atoms with Crippen LogP contribution >= 0.6 is 0 Å². The van der Waals surface area contributed by atoms with Crippen LogP contribution in [0.15, 0.2) is 41.2 Å². The number of rotatable bonds is 6. The number of amides is 1. The first-order valence-corrected chi connectivity index (χ1v) is 9.08. The third-order valence-electron chi connectivity index (χ3n) is 4.67. The number of hydrogen-bond donors (Lipinski definition) is 1. The van der Waals surface area contributed by atoms with Gasteiger partial charge in [0, 0.05) is 12.5 Å². The first-order chi connectivity index (χ1) is 13.1. The molecule has 27 heavy (non-hydrogen) atoms. The highest BCUT2D eigenvalue weighted by Gasteiger charge is 2.23. The van der Waals surface area contributed by atoms with Gasteiger partial charge in [-0.3, -0.25) is 9.59 Å². The molecule has 0 bridgehead atoms. The molecule has 0 spiro atoms. The van der Waals surface area contributed by atoms with Crippen molar-refractivity contribution < 1.29 is 14.3 Å². The Hall–Kier alpha value is -2.96. The summed E-state index contributed by atoms with van der Waals surface area (Å²) in [6.07, 6.45) is 4.07. The second-order valence-electron chi connectivity index (χ2n) is 6.65. The highest BCUT2D eigenvalue weighted by Crippen LogP contribution is 2.16. The number of benzene rings is 1. The van der Waals surface area contributed by atoms with E-state index in [4.69, 9.17) is 4.74 Å². The Morgan fingerprint density at radius 2 is 1.96 bits per heavy atom. The second kappa shape index (κ2) is 8.62. The molecule has 1 aromatic heterocycles. The maximum atomic E-state index is 12.4. The molecule has 0 aliphatic heterocycles. The third kappa shape index (κ3) is 4.81. The molecule has 1 aromatic carbocycles. The van der Waals surface area contributed by atoms with Gasteiger partial charge in [0.05, 0.1) is 12.8 Å². The molecule has 2 aromatic rings. The van der Waals surface area contributed by atoms with Crippen LogP contribution in [0.25, 0.3) is 0 Å². The lowest BCUT2D eigenvalue weighted by Gasteiger charge is -2.18. The van der Waals surface area contributed by atoms with Gasteiger partial charge in [0.25, 0.3) is 5.56 Å². The number of nitrogens with zero attached hydrogens (tertiary/aromatic N) is 2. The molecule has 7 heteroatoms. The summed E-state index contributed by atoms with van der Waals surface area (Å²) in [4.78, 5) is 36.7. The standard InChI is InChI=1S/C20H23N3O4/c1-27-20(26)17(11-14-7-3-2-4-8-14)21-18(24)13-23-19(25)12-15-9-5-6-10-16(15)22-23/h2-4,7-8,12,17H,5-6,9-11,13H2,1H3,(H,21,24). The van der Waals surface area contributed by atoms with Crippen LogP contribution < -0.4 is 10.9 Å². The summed E-state index contributed by atoms with van der Waals surface area (Å²) in [7, 11) is 1.28. The smallest absolute Gasteiger partial charge is 0.328 e. The summed E-state index contributed by atoms with van der Waals surface area (Å²) < 4.78 is 5.96. The highest BCUT2D eigenvalue weighted by atomic mass is 16.5. The van der Waals surface area contributed by atoms with Gasteiger partial charge in [-0.2, -0.15) is 5.10 Å². The van der Waals surface area contributed by atoms with E-state index in [1.165, 1.54) is 7.11 Å². The molecule has 0 radical (unpaired) electrons. The van der Waals surface area contributed by atoms with Crippen LogP contribution in [0.3, 0.4) is 0 Å². The molecule has 1 aliphatic carbocycles. The molecular formula is C20H23N3O4. The molecule has 1 aliphatic rings. The SMILES string of the molecule is COC(=O)C(Cc1ccccc1)NC(=O)Cn1nc2c(cc1=O)CCCC2. The molecule has 1 atom stereocenters. The van der Waals surface area contributed by atoms with Gasteiger partial charge >= 0.3 is 5.97 Å². The van der Waals surface area contributed by atoms with E-state index in [1.54, 1.807) is 6.07 Å². The average Bonchev–Trinajstić information content (AvgIpc) is 2.68. The highest BCUT2D eigenvalue weighted by molar-refractivity contribution is 5.84. The fraction of sp³-hybridized carbons (Fsp3) is 0.400. The van der Waals surface area contributed by atoms with E-state index in [2.05, 4.69) is 10.4 Å². The van der Waals surface area contributed by atoms with Gasteiger partial charge in [-0.15, -0.1) is 0 Å². The van der Waals surface area contributed by atoms with Crippen molar-refractivity contribution in [3.63, 3.8) is 0 Å². The molecule has 1 heterocycles. The minimum atomic E-state index is -0.821. The average molecular weight is 369 g/mol. The number of methoxy groups -OCH3 is 1. The summed E-state index contributed by atoms with van der Waals surface area (Å²) in [5.41, 5.74) is 2.45. The number of nitrogens with one attached hydrogen (secondary N) is 1. The van der Waals surface area contributed by atoms with Gasteiger partial charge in [-0.05, 0) is 36.8 Å². The van der Waals surface area contributed by atoms with E-state index in [-0.39, 0.29) is 12.1 Å². The number of fused-ring (bicyclic) bond motifs is 1. The van der Waals surface area contributed by atoms with Crippen LogP contribution in [0.2, 0.25) is 0 Å². The fourth-order valence-electron chi connectivity index (χ4n) is 3.28. The molecule has 3 rings (SSSR count). The first-order valence-electron chi connectivity index (χ1n) is 9.08. The zero-order chi connectivity index (χ0) is 19.2. The van der Waals surface area contributed by atoms with Crippen LogP contribution in [0.1, 0.15) is 29.7 Å². The second-order valence-corrected chi connectivity index (χ2v) is 6.65. The van der Waals surface area contributed by atoms with E-state index >= 15 is 0 Å². The van der Waals surface area contributed by atoms with Crippen LogP contribution in [0.4, 0.5) is 0 Å². The van der Waals surface area contributed by atoms with E-state index in [0.29, 0.717) is 6.42 Å². The van der Waals surface area contributed by atoms with E-state index < -0.39 is 17.9 Å². The number of aryl methyl sites for hydroxylation is 2. The van der Waals surface area contributed by atoms with Crippen molar-refractivity contribution >= 4 is 11.9 Å². The van der Waals surface area contributed by atoms with Gasteiger partial charge in [0.1, 0.15) is 12.6 Å². The summed E-state index contributed by atoms with van der Waals surface area (Å²) >= 11 is 0. The van der Waals surface area contributed by atoms with Gasteiger partial charge in [-0.25, -0.2) is 9.48 Å². The monoisotopic (exact) mass is 369 g/mol. The molecular weight excluding hydrogens is 346 g/mol. The summed E-state index contributed by atoms with van der Waals surface area (Å²) in [5, 5.41) is 6.99. The van der Waals surface area contributed by atoms with Gasteiger partial charge in [-0.1, -0.05) is 30.3 Å². The van der Waals surface area contributed by atoms with E-state index in [0.717, 1.165) is 47.2 Å². The molecule has 142 valence electrons. The minimum absolute atomic E-state index is 0.228. The van der Waals surface area contributed by atoms with Crippen molar-refractivity contribution in [2.75, 3.05) is 7.11 Å². The number of hydrogen-bond acceptors (Lipinski definition) is 5. The quantitative estimate of drug-likeness (QED) is 0.768. The van der Waals surface area contributed by atoms with Crippen LogP contribution in [-0.2, 0) is 40.1 Å². The van der Waals surface area contributed by atoms with Crippen molar-refractivity contribution in [3.05, 3.63) is 63.6 Å². The van der Waals surface area contributed by atoms with Crippen molar-refractivity contribution in [2.45, 2.75) is 44.7 Å². The Balaban J connectivity index is 1.70. The van der Waals surface area contributed by atoms with Gasteiger partial charge in [0.2, 0.25) is 5.91 Å².